The van der Waals surface area contributed by atoms with Gasteiger partial charge in [0.1, 0.15) is 3.92 Å². The van der Waals surface area contributed by atoms with Crippen molar-refractivity contribution in [3.8, 4) is 0 Å². The third kappa shape index (κ3) is 4.40. The van der Waals surface area contributed by atoms with Crippen LogP contribution in [-0.2, 0) is 9.53 Å². The highest BCUT2D eigenvalue weighted by Crippen LogP contribution is 2.20. The molecule has 0 fully saturated rings. The normalized spacial score (nSPS) is 11.8. The predicted octanol–water partition coefficient (Wildman–Crippen LogP) is 2.81. The van der Waals surface area contributed by atoms with E-state index in [1.54, 1.807) is 18.2 Å². The van der Waals surface area contributed by atoms with Crippen molar-refractivity contribution in [3.05, 3.63) is 33.3 Å². The molecule has 0 aromatic heterocycles. The standard InChI is InChI=1S/C11H10BrClINO3/c1-18-11(17)9(14)5-15-10(16)7-4-6(12)2-3-8(7)13/h2-4,9H,5H2,1H3,(H,15,16). The van der Waals surface area contributed by atoms with Crippen LogP contribution in [0.2, 0.25) is 5.02 Å². The maximum Gasteiger partial charge on any atom is 0.320 e. The number of nitrogens with one attached hydrogen (secondary N) is 1. The molecule has 1 aromatic carbocycles. The van der Waals surface area contributed by atoms with Gasteiger partial charge in [-0.05, 0) is 18.2 Å². The highest BCUT2D eigenvalue weighted by Gasteiger charge is 2.17. The van der Waals surface area contributed by atoms with Gasteiger partial charge in [0.2, 0.25) is 0 Å². The molecule has 98 valence electrons. The Morgan fingerprint density at radius 3 is 2.83 bits per heavy atom. The Hall–Kier alpha value is -0.340. The second kappa shape index (κ2) is 7.30. The van der Waals surface area contributed by atoms with E-state index in [9.17, 15) is 9.59 Å². The molecule has 7 heteroatoms. The van der Waals surface area contributed by atoms with Crippen molar-refractivity contribution in [2.45, 2.75) is 3.92 Å². The smallest absolute Gasteiger partial charge is 0.320 e. The van der Waals surface area contributed by atoms with Crippen molar-refractivity contribution < 1.29 is 14.3 Å². The molecule has 0 spiro atoms. The number of amides is 1. The van der Waals surface area contributed by atoms with Crippen molar-refractivity contribution in [2.75, 3.05) is 13.7 Å². The molecule has 0 aliphatic carbocycles. The fraction of sp³-hybridized carbons (Fsp3) is 0.273. The summed E-state index contributed by atoms with van der Waals surface area (Å²) in [5.74, 6) is -0.705. The van der Waals surface area contributed by atoms with Gasteiger partial charge >= 0.3 is 5.97 Å². The monoisotopic (exact) mass is 445 g/mol. The van der Waals surface area contributed by atoms with E-state index in [0.717, 1.165) is 4.47 Å². The fourth-order valence-corrected chi connectivity index (χ4v) is 2.20. The molecule has 1 amide bonds. The Balaban J connectivity index is 2.66. The van der Waals surface area contributed by atoms with Crippen LogP contribution in [0.5, 0.6) is 0 Å². The lowest BCUT2D eigenvalue weighted by atomic mass is 10.2. The van der Waals surface area contributed by atoms with Crippen LogP contribution in [-0.4, -0.2) is 29.5 Å². The summed E-state index contributed by atoms with van der Waals surface area (Å²) in [4.78, 5) is 23.0. The van der Waals surface area contributed by atoms with E-state index in [4.69, 9.17) is 11.6 Å². The minimum Gasteiger partial charge on any atom is -0.468 e. The van der Waals surface area contributed by atoms with Crippen LogP contribution in [0.3, 0.4) is 0 Å². The highest BCUT2D eigenvalue weighted by molar-refractivity contribution is 14.1. The highest BCUT2D eigenvalue weighted by atomic mass is 127. The van der Waals surface area contributed by atoms with Crippen LogP contribution < -0.4 is 5.32 Å². The van der Waals surface area contributed by atoms with E-state index >= 15 is 0 Å². The van der Waals surface area contributed by atoms with Gasteiger partial charge in [0.25, 0.3) is 5.91 Å². The topological polar surface area (TPSA) is 55.4 Å². The zero-order valence-corrected chi connectivity index (χ0v) is 13.9. The van der Waals surface area contributed by atoms with Crippen molar-refractivity contribution in [3.63, 3.8) is 0 Å². The van der Waals surface area contributed by atoms with E-state index in [0.29, 0.717) is 10.6 Å². The fourth-order valence-electron chi connectivity index (χ4n) is 1.16. The number of alkyl halides is 1. The number of carbonyl (C=O) groups is 2. The van der Waals surface area contributed by atoms with E-state index in [1.165, 1.54) is 7.11 Å². The molecule has 1 rings (SSSR count). The van der Waals surface area contributed by atoms with Crippen molar-refractivity contribution in [1.29, 1.82) is 0 Å². The molecule has 1 aromatic rings. The Morgan fingerprint density at radius 2 is 2.22 bits per heavy atom. The van der Waals surface area contributed by atoms with Gasteiger partial charge in [-0.25, -0.2) is 0 Å². The zero-order valence-electron chi connectivity index (χ0n) is 9.38. The van der Waals surface area contributed by atoms with Crippen molar-refractivity contribution >= 4 is 62.0 Å². The Labute approximate surface area is 132 Å². The summed E-state index contributed by atoms with van der Waals surface area (Å²) in [6.45, 7) is 0.189. The summed E-state index contributed by atoms with van der Waals surface area (Å²) in [5.41, 5.74) is 0.361. The van der Waals surface area contributed by atoms with E-state index in [1.807, 2.05) is 22.6 Å². The molecule has 18 heavy (non-hydrogen) atoms. The van der Waals surface area contributed by atoms with Crippen LogP contribution in [0.1, 0.15) is 10.4 Å². The lowest BCUT2D eigenvalue weighted by Gasteiger charge is -2.10. The summed E-state index contributed by atoms with van der Waals surface area (Å²) < 4.78 is 4.89. The van der Waals surface area contributed by atoms with Crippen LogP contribution >= 0.6 is 50.1 Å². The number of methoxy groups -OCH3 is 1. The van der Waals surface area contributed by atoms with Crippen LogP contribution in [0.4, 0.5) is 0 Å². The summed E-state index contributed by atoms with van der Waals surface area (Å²) in [6, 6.07) is 5.00. The molecule has 4 nitrogen and oxygen atoms in total. The average molecular weight is 446 g/mol. The number of benzene rings is 1. The number of carbonyl (C=O) groups excluding carboxylic acids is 2. The second-order valence-electron chi connectivity index (χ2n) is 3.32. The van der Waals surface area contributed by atoms with Gasteiger partial charge in [0.15, 0.2) is 0 Å². The summed E-state index contributed by atoms with van der Waals surface area (Å²) in [6.07, 6.45) is 0. The summed E-state index contributed by atoms with van der Waals surface area (Å²) >= 11 is 11.1. The molecule has 1 N–H and O–H groups in total. The Kier molecular flexibility index (Phi) is 6.37. The average Bonchev–Trinajstić information content (AvgIpc) is 2.37. The molecule has 0 heterocycles. The maximum absolute atomic E-state index is 11.9. The van der Waals surface area contributed by atoms with Gasteiger partial charge in [-0.1, -0.05) is 50.1 Å². The Morgan fingerprint density at radius 1 is 1.56 bits per heavy atom. The van der Waals surface area contributed by atoms with Gasteiger partial charge in [-0.2, -0.15) is 0 Å². The molecule has 1 unspecified atom stereocenters. The van der Waals surface area contributed by atoms with Crippen molar-refractivity contribution in [2.24, 2.45) is 0 Å². The number of rotatable bonds is 4. The van der Waals surface area contributed by atoms with Crippen LogP contribution in [0.25, 0.3) is 0 Å². The maximum atomic E-state index is 11.9. The molecule has 0 saturated heterocycles. The van der Waals surface area contributed by atoms with E-state index in [2.05, 4.69) is 26.0 Å². The summed E-state index contributed by atoms with van der Waals surface area (Å²) in [5, 5.41) is 2.99. The number of hydrogen-bond donors (Lipinski definition) is 1. The lowest BCUT2D eigenvalue weighted by Crippen LogP contribution is -2.34. The molecule has 0 aliphatic rings. The van der Waals surface area contributed by atoms with Crippen molar-refractivity contribution in [1.82, 2.24) is 5.32 Å². The molecular weight excluding hydrogens is 436 g/mol. The molecular formula is C11H10BrClINO3. The third-order valence-electron chi connectivity index (χ3n) is 2.07. The first-order valence-electron chi connectivity index (χ1n) is 4.91. The first-order chi connectivity index (χ1) is 8.45. The van der Waals surface area contributed by atoms with Gasteiger partial charge in [0, 0.05) is 11.0 Å². The molecule has 0 radical (unpaired) electrons. The minimum absolute atomic E-state index is 0.189. The molecule has 1 atom stereocenters. The Bertz CT molecular complexity index is 470. The lowest BCUT2D eigenvalue weighted by molar-refractivity contribution is -0.139. The zero-order chi connectivity index (χ0) is 13.7. The minimum atomic E-state index is -0.428. The molecule has 0 bridgehead atoms. The number of hydrogen-bond acceptors (Lipinski definition) is 3. The summed E-state index contributed by atoms with van der Waals surface area (Å²) in [7, 11) is 1.31. The number of esters is 1. The third-order valence-corrected chi connectivity index (χ3v) is 3.84. The van der Waals surface area contributed by atoms with E-state index < -0.39 is 3.92 Å². The molecule has 0 saturated carbocycles. The first-order valence-corrected chi connectivity index (χ1v) is 7.32. The largest absolute Gasteiger partial charge is 0.468 e. The van der Waals surface area contributed by atoms with Gasteiger partial charge in [0.05, 0.1) is 17.7 Å². The van der Waals surface area contributed by atoms with Gasteiger partial charge < -0.3 is 10.1 Å². The van der Waals surface area contributed by atoms with E-state index in [-0.39, 0.29) is 18.4 Å². The number of halogens is 3. The predicted molar refractivity (Wildman–Crippen MR) is 81.3 cm³/mol. The molecule has 0 aliphatic heterocycles. The van der Waals surface area contributed by atoms with Crippen LogP contribution in [0, 0.1) is 0 Å². The number of ether oxygens (including phenoxy) is 1. The van der Waals surface area contributed by atoms with Gasteiger partial charge in [-0.3, -0.25) is 9.59 Å². The van der Waals surface area contributed by atoms with Crippen LogP contribution in [0.15, 0.2) is 22.7 Å². The first kappa shape index (κ1) is 15.7. The quantitative estimate of drug-likeness (QED) is 0.440. The second-order valence-corrected chi connectivity index (χ2v) is 6.15. The SMILES string of the molecule is COC(=O)C(I)CNC(=O)c1cc(Br)ccc1Cl. The van der Waals surface area contributed by atoms with Gasteiger partial charge in [-0.15, -0.1) is 0 Å².